The standard InChI is InChI=1S/C20H13Cl3FN3O3/c21-13-6-11(2-1-5-28)7-14(8-13)30-18-15(22)4-3-12(16(18)24)9-27-10-26-19(23)17(27)20(25)29/h3-4,6-8,10,28H,5,9H2,(H2,25,29). The molecule has 0 atom stereocenters. The first-order valence-electron chi connectivity index (χ1n) is 8.35. The van der Waals surface area contributed by atoms with Gasteiger partial charge in [-0.15, -0.1) is 0 Å². The maximum Gasteiger partial charge on any atom is 0.268 e. The molecule has 0 unspecified atom stereocenters. The van der Waals surface area contributed by atoms with Crippen LogP contribution in [0.1, 0.15) is 21.6 Å². The lowest BCUT2D eigenvalue weighted by molar-refractivity contribution is 0.0992. The van der Waals surface area contributed by atoms with Gasteiger partial charge in [0, 0.05) is 16.1 Å². The van der Waals surface area contributed by atoms with Gasteiger partial charge in [0.15, 0.2) is 16.7 Å². The highest BCUT2D eigenvalue weighted by atomic mass is 35.5. The van der Waals surface area contributed by atoms with E-state index >= 15 is 4.39 Å². The Morgan fingerprint density at radius 2 is 2.03 bits per heavy atom. The van der Waals surface area contributed by atoms with Crippen molar-refractivity contribution >= 4 is 40.7 Å². The first-order valence-corrected chi connectivity index (χ1v) is 9.49. The van der Waals surface area contributed by atoms with Crippen LogP contribution in [0.4, 0.5) is 4.39 Å². The number of aromatic nitrogens is 2. The maximum absolute atomic E-state index is 15.2. The highest BCUT2D eigenvalue weighted by Gasteiger charge is 2.19. The summed E-state index contributed by atoms with van der Waals surface area (Å²) >= 11 is 18.1. The molecule has 154 valence electrons. The van der Waals surface area contributed by atoms with Crippen LogP contribution in [0, 0.1) is 17.7 Å². The summed E-state index contributed by atoms with van der Waals surface area (Å²) < 4.78 is 22.1. The van der Waals surface area contributed by atoms with Crippen molar-refractivity contribution in [3.8, 4) is 23.3 Å². The number of carbonyl (C=O) groups is 1. The lowest BCUT2D eigenvalue weighted by Crippen LogP contribution is -2.18. The topological polar surface area (TPSA) is 90.4 Å². The number of halogens is 4. The van der Waals surface area contributed by atoms with E-state index in [9.17, 15) is 4.79 Å². The number of nitrogens with two attached hydrogens (primary N) is 1. The van der Waals surface area contributed by atoms with Crippen molar-refractivity contribution < 1.29 is 19.0 Å². The minimum absolute atomic E-state index is 0.0259. The minimum Gasteiger partial charge on any atom is -0.453 e. The summed E-state index contributed by atoms with van der Waals surface area (Å²) in [5, 5.41) is 9.09. The number of primary amides is 1. The van der Waals surface area contributed by atoms with Crippen molar-refractivity contribution in [2.75, 3.05) is 6.61 Å². The molecule has 10 heteroatoms. The summed E-state index contributed by atoms with van der Waals surface area (Å²) in [6, 6.07) is 7.46. The zero-order valence-electron chi connectivity index (χ0n) is 15.1. The van der Waals surface area contributed by atoms with E-state index in [1.54, 1.807) is 6.07 Å². The number of rotatable bonds is 5. The molecule has 0 aliphatic carbocycles. The fourth-order valence-electron chi connectivity index (χ4n) is 2.65. The number of carbonyl (C=O) groups excluding carboxylic acids is 1. The van der Waals surface area contributed by atoms with E-state index in [1.165, 1.54) is 35.2 Å². The van der Waals surface area contributed by atoms with Crippen LogP contribution in [0.3, 0.4) is 0 Å². The van der Waals surface area contributed by atoms with E-state index in [2.05, 4.69) is 16.8 Å². The van der Waals surface area contributed by atoms with Crippen molar-refractivity contribution in [2.24, 2.45) is 5.73 Å². The molecule has 0 spiro atoms. The van der Waals surface area contributed by atoms with Crippen LogP contribution < -0.4 is 10.5 Å². The van der Waals surface area contributed by atoms with E-state index < -0.39 is 11.7 Å². The molecule has 0 saturated heterocycles. The van der Waals surface area contributed by atoms with Crippen molar-refractivity contribution in [3.05, 3.63) is 74.5 Å². The second-order valence-electron chi connectivity index (χ2n) is 5.96. The first-order chi connectivity index (χ1) is 14.3. The average Bonchev–Trinajstić information content (AvgIpc) is 3.05. The van der Waals surface area contributed by atoms with Crippen LogP contribution in [-0.4, -0.2) is 27.2 Å². The molecule has 2 aromatic carbocycles. The SMILES string of the molecule is NC(=O)c1c(Cl)ncn1Cc1ccc(Cl)c(Oc2cc(Cl)cc(C#CCO)c2)c1F. The number of aliphatic hydroxyl groups is 1. The number of benzene rings is 2. The van der Waals surface area contributed by atoms with Crippen molar-refractivity contribution in [1.29, 1.82) is 0 Å². The average molecular weight is 469 g/mol. The third-order valence-corrected chi connectivity index (χ3v) is 4.69. The Kier molecular flexibility index (Phi) is 6.85. The lowest BCUT2D eigenvalue weighted by Gasteiger charge is -2.13. The molecule has 30 heavy (non-hydrogen) atoms. The largest absolute Gasteiger partial charge is 0.453 e. The molecule has 0 saturated carbocycles. The number of ether oxygens (including phenoxy) is 1. The summed E-state index contributed by atoms with van der Waals surface area (Å²) in [7, 11) is 0. The summed E-state index contributed by atoms with van der Waals surface area (Å²) in [6.45, 7) is -0.406. The molecular formula is C20H13Cl3FN3O3. The summed E-state index contributed by atoms with van der Waals surface area (Å²) in [5.41, 5.74) is 5.89. The van der Waals surface area contributed by atoms with E-state index in [4.69, 9.17) is 50.4 Å². The third kappa shape index (κ3) is 4.86. The highest BCUT2D eigenvalue weighted by Crippen LogP contribution is 2.35. The smallest absolute Gasteiger partial charge is 0.268 e. The van der Waals surface area contributed by atoms with Crippen molar-refractivity contribution in [3.63, 3.8) is 0 Å². The highest BCUT2D eigenvalue weighted by molar-refractivity contribution is 6.32. The Morgan fingerprint density at radius 1 is 1.27 bits per heavy atom. The predicted molar refractivity (Wildman–Crippen MR) is 112 cm³/mol. The molecular weight excluding hydrogens is 456 g/mol. The van der Waals surface area contributed by atoms with Crippen LogP contribution in [0.2, 0.25) is 15.2 Å². The Bertz CT molecular complexity index is 1190. The molecule has 3 N–H and O–H groups in total. The number of nitrogens with zero attached hydrogens (tertiary/aromatic N) is 2. The molecule has 0 aliphatic rings. The summed E-state index contributed by atoms with van der Waals surface area (Å²) in [4.78, 5) is 15.4. The first kappa shape index (κ1) is 21.9. The fraction of sp³-hybridized carbons (Fsp3) is 0.100. The van der Waals surface area contributed by atoms with Crippen LogP contribution in [0.25, 0.3) is 0 Å². The number of amides is 1. The maximum atomic E-state index is 15.2. The third-order valence-electron chi connectivity index (χ3n) is 3.90. The Morgan fingerprint density at radius 3 is 2.73 bits per heavy atom. The van der Waals surface area contributed by atoms with Crippen LogP contribution in [0.15, 0.2) is 36.7 Å². The number of aliphatic hydroxyl groups excluding tert-OH is 1. The van der Waals surface area contributed by atoms with Crippen LogP contribution in [0.5, 0.6) is 11.5 Å². The van der Waals surface area contributed by atoms with Gasteiger partial charge in [0.1, 0.15) is 18.1 Å². The lowest BCUT2D eigenvalue weighted by atomic mass is 10.2. The fourth-order valence-corrected chi connectivity index (χ4v) is 3.30. The zero-order chi connectivity index (χ0) is 21.8. The Hall–Kier alpha value is -2.76. The van der Waals surface area contributed by atoms with Gasteiger partial charge in [-0.3, -0.25) is 4.79 Å². The molecule has 0 fully saturated rings. The van der Waals surface area contributed by atoms with Crippen molar-refractivity contribution in [2.45, 2.75) is 6.54 Å². The number of hydrogen-bond donors (Lipinski definition) is 2. The van der Waals surface area contributed by atoms with Gasteiger partial charge < -0.3 is 20.1 Å². The van der Waals surface area contributed by atoms with Gasteiger partial charge in [-0.05, 0) is 24.3 Å². The monoisotopic (exact) mass is 467 g/mol. The van der Waals surface area contributed by atoms with E-state index in [1.807, 2.05) is 0 Å². The molecule has 3 aromatic rings. The summed E-state index contributed by atoms with van der Waals surface area (Å²) in [6.07, 6.45) is 1.28. The van der Waals surface area contributed by atoms with Crippen LogP contribution in [-0.2, 0) is 6.54 Å². The van der Waals surface area contributed by atoms with Crippen molar-refractivity contribution in [1.82, 2.24) is 9.55 Å². The Labute approximate surface area is 185 Å². The predicted octanol–water partition coefficient (Wildman–Crippen LogP) is 4.27. The molecule has 1 heterocycles. The molecule has 0 radical (unpaired) electrons. The van der Waals surface area contributed by atoms with Gasteiger partial charge in [0.25, 0.3) is 5.91 Å². The van der Waals surface area contributed by atoms with E-state index in [0.717, 1.165) is 0 Å². The second-order valence-corrected chi connectivity index (χ2v) is 7.16. The molecule has 6 nitrogen and oxygen atoms in total. The molecule has 0 bridgehead atoms. The van der Waals surface area contributed by atoms with Gasteiger partial charge in [-0.1, -0.05) is 52.7 Å². The van der Waals surface area contributed by atoms with E-state index in [-0.39, 0.29) is 46.1 Å². The Balaban J connectivity index is 1.96. The van der Waals surface area contributed by atoms with Gasteiger partial charge in [0.05, 0.1) is 17.9 Å². The van der Waals surface area contributed by atoms with Gasteiger partial charge in [0.2, 0.25) is 0 Å². The zero-order valence-corrected chi connectivity index (χ0v) is 17.4. The van der Waals surface area contributed by atoms with E-state index in [0.29, 0.717) is 10.6 Å². The molecule has 0 aliphatic heterocycles. The number of hydrogen-bond acceptors (Lipinski definition) is 4. The minimum atomic E-state index is -0.793. The second kappa shape index (κ2) is 9.37. The van der Waals surface area contributed by atoms with Gasteiger partial charge >= 0.3 is 0 Å². The normalized spacial score (nSPS) is 10.4. The van der Waals surface area contributed by atoms with Gasteiger partial charge in [-0.2, -0.15) is 0 Å². The quantitative estimate of drug-likeness (QED) is 0.547. The molecule has 1 aromatic heterocycles. The molecule has 3 rings (SSSR count). The number of imidazole rings is 1. The molecule has 1 amide bonds. The van der Waals surface area contributed by atoms with Gasteiger partial charge in [-0.25, -0.2) is 9.37 Å². The van der Waals surface area contributed by atoms with Crippen LogP contribution >= 0.6 is 34.8 Å². The summed E-state index contributed by atoms with van der Waals surface area (Å²) in [5.74, 6) is 3.62.